The molecule has 0 saturated heterocycles. The molecule has 2 aromatic rings. The number of hydrogen-bond acceptors (Lipinski definition) is 3. The molecule has 1 aliphatic carbocycles. The third-order valence-corrected chi connectivity index (χ3v) is 5.23. The molecule has 1 fully saturated rings. The molecule has 0 aliphatic heterocycles. The van der Waals surface area contributed by atoms with Gasteiger partial charge in [-0.25, -0.2) is 0 Å². The molecule has 2 aromatic heterocycles. The summed E-state index contributed by atoms with van der Waals surface area (Å²) >= 11 is 0. The van der Waals surface area contributed by atoms with E-state index in [4.69, 9.17) is 5.10 Å². The lowest BCUT2D eigenvalue weighted by molar-refractivity contribution is -0.125. The van der Waals surface area contributed by atoms with Crippen molar-refractivity contribution in [2.24, 2.45) is 5.92 Å². The second-order valence-corrected chi connectivity index (χ2v) is 6.87. The van der Waals surface area contributed by atoms with Gasteiger partial charge in [-0.05, 0) is 43.9 Å². The summed E-state index contributed by atoms with van der Waals surface area (Å²) in [5.74, 6) is 0.225. The van der Waals surface area contributed by atoms with Gasteiger partial charge in [-0.3, -0.25) is 14.5 Å². The first-order valence-electron chi connectivity index (χ1n) is 9.49. The molecule has 1 aliphatic rings. The zero-order chi connectivity index (χ0) is 17.6. The fourth-order valence-corrected chi connectivity index (χ4v) is 3.68. The number of nitrogens with one attached hydrogen (secondary N) is 1. The summed E-state index contributed by atoms with van der Waals surface area (Å²) in [6.07, 6.45) is 10.3. The van der Waals surface area contributed by atoms with Crippen LogP contribution in [0.1, 0.15) is 64.1 Å². The molecule has 25 heavy (non-hydrogen) atoms. The Kier molecular flexibility index (Phi) is 5.84. The normalized spacial score (nSPS) is 15.0. The first-order valence-corrected chi connectivity index (χ1v) is 9.49. The Balaban J connectivity index is 1.80. The van der Waals surface area contributed by atoms with Crippen molar-refractivity contribution in [2.75, 3.05) is 0 Å². The lowest BCUT2D eigenvalue weighted by atomic mass is 10.0. The molecular weight excluding hydrogens is 312 g/mol. The van der Waals surface area contributed by atoms with Gasteiger partial charge in [0.2, 0.25) is 5.91 Å². The van der Waals surface area contributed by atoms with Crippen molar-refractivity contribution in [1.82, 2.24) is 20.1 Å². The van der Waals surface area contributed by atoms with Crippen molar-refractivity contribution < 1.29 is 4.79 Å². The maximum absolute atomic E-state index is 12.2. The third-order valence-electron chi connectivity index (χ3n) is 5.23. The molecule has 0 atom stereocenters. The molecule has 1 saturated carbocycles. The lowest BCUT2D eigenvalue weighted by Crippen LogP contribution is -2.29. The third kappa shape index (κ3) is 4.09. The Bertz CT molecular complexity index is 685. The highest BCUT2D eigenvalue weighted by Gasteiger charge is 2.22. The highest BCUT2D eigenvalue weighted by atomic mass is 16.1. The van der Waals surface area contributed by atoms with Crippen LogP contribution in [-0.2, 0) is 11.3 Å². The summed E-state index contributed by atoms with van der Waals surface area (Å²) in [7, 11) is 0. The number of nitrogens with zero attached hydrogens (tertiary/aromatic N) is 3. The highest BCUT2D eigenvalue weighted by molar-refractivity contribution is 5.78. The fraction of sp³-hybridized carbons (Fsp3) is 0.550. The zero-order valence-corrected chi connectivity index (χ0v) is 15.2. The van der Waals surface area contributed by atoms with Gasteiger partial charge in [0.25, 0.3) is 0 Å². The Labute approximate surface area is 149 Å². The second kappa shape index (κ2) is 8.28. The molecule has 5 heteroatoms. The van der Waals surface area contributed by atoms with E-state index in [1.807, 2.05) is 24.5 Å². The SMILES string of the molecule is CCC(CC)C(=O)NCc1cc(-c2ccncc2)n(C2CCCC2)n1. The van der Waals surface area contributed by atoms with E-state index in [0.29, 0.717) is 12.6 Å². The van der Waals surface area contributed by atoms with Crippen molar-refractivity contribution in [3.05, 3.63) is 36.3 Å². The minimum Gasteiger partial charge on any atom is -0.350 e. The number of amides is 1. The van der Waals surface area contributed by atoms with Crippen LogP contribution < -0.4 is 5.32 Å². The molecule has 0 aromatic carbocycles. The molecule has 0 unspecified atom stereocenters. The molecule has 2 heterocycles. The number of carbonyl (C=O) groups is 1. The minimum atomic E-state index is 0.0941. The topological polar surface area (TPSA) is 59.8 Å². The fourth-order valence-electron chi connectivity index (χ4n) is 3.68. The Morgan fingerprint density at radius 1 is 1.24 bits per heavy atom. The van der Waals surface area contributed by atoms with E-state index in [1.54, 1.807) is 0 Å². The van der Waals surface area contributed by atoms with Crippen molar-refractivity contribution in [1.29, 1.82) is 0 Å². The smallest absolute Gasteiger partial charge is 0.223 e. The number of pyridine rings is 1. The minimum absolute atomic E-state index is 0.0941. The summed E-state index contributed by atoms with van der Waals surface area (Å²) in [6, 6.07) is 6.62. The van der Waals surface area contributed by atoms with E-state index in [0.717, 1.165) is 29.8 Å². The maximum Gasteiger partial charge on any atom is 0.223 e. The van der Waals surface area contributed by atoms with E-state index < -0.39 is 0 Å². The van der Waals surface area contributed by atoms with E-state index >= 15 is 0 Å². The van der Waals surface area contributed by atoms with E-state index in [1.165, 1.54) is 25.7 Å². The number of carbonyl (C=O) groups excluding carboxylic acids is 1. The molecule has 0 bridgehead atoms. The van der Waals surface area contributed by atoms with Crippen LogP contribution in [0.25, 0.3) is 11.3 Å². The highest BCUT2D eigenvalue weighted by Crippen LogP contribution is 2.33. The van der Waals surface area contributed by atoms with E-state index in [-0.39, 0.29) is 11.8 Å². The summed E-state index contributed by atoms with van der Waals surface area (Å²) in [6.45, 7) is 4.61. The van der Waals surface area contributed by atoms with Crippen LogP contribution in [0.2, 0.25) is 0 Å². The van der Waals surface area contributed by atoms with Gasteiger partial charge in [0.1, 0.15) is 0 Å². The van der Waals surface area contributed by atoms with Gasteiger partial charge in [-0.15, -0.1) is 0 Å². The maximum atomic E-state index is 12.2. The first-order chi connectivity index (χ1) is 12.2. The van der Waals surface area contributed by atoms with Crippen LogP contribution in [0.15, 0.2) is 30.6 Å². The van der Waals surface area contributed by atoms with Gasteiger partial charge in [-0.1, -0.05) is 26.7 Å². The average molecular weight is 340 g/mol. The molecule has 134 valence electrons. The molecule has 1 N–H and O–H groups in total. The Morgan fingerprint density at radius 2 is 1.92 bits per heavy atom. The zero-order valence-electron chi connectivity index (χ0n) is 15.2. The second-order valence-electron chi connectivity index (χ2n) is 6.87. The molecule has 0 spiro atoms. The molecule has 5 nitrogen and oxygen atoms in total. The lowest BCUT2D eigenvalue weighted by Gasteiger charge is -2.14. The first kappa shape index (κ1) is 17.6. The summed E-state index contributed by atoms with van der Waals surface area (Å²) < 4.78 is 2.17. The van der Waals surface area contributed by atoms with Crippen molar-refractivity contribution in [3.8, 4) is 11.3 Å². The van der Waals surface area contributed by atoms with Gasteiger partial charge in [-0.2, -0.15) is 5.10 Å². The summed E-state index contributed by atoms with van der Waals surface area (Å²) in [4.78, 5) is 16.4. The number of rotatable bonds is 7. The number of hydrogen-bond donors (Lipinski definition) is 1. The van der Waals surface area contributed by atoms with Gasteiger partial charge in [0, 0.05) is 23.9 Å². The van der Waals surface area contributed by atoms with Crippen molar-refractivity contribution in [2.45, 2.75) is 65.0 Å². The van der Waals surface area contributed by atoms with Crippen LogP contribution in [-0.4, -0.2) is 20.7 Å². The van der Waals surface area contributed by atoms with Crippen molar-refractivity contribution >= 4 is 5.91 Å². The summed E-state index contributed by atoms with van der Waals surface area (Å²) in [5.41, 5.74) is 3.19. The predicted molar refractivity (Wildman–Crippen MR) is 98.9 cm³/mol. The van der Waals surface area contributed by atoms with E-state index in [9.17, 15) is 4.79 Å². The van der Waals surface area contributed by atoms with Crippen LogP contribution >= 0.6 is 0 Å². The van der Waals surface area contributed by atoms with Crippen LogP contribution in [0.3, 0.4) is 0 Å². The largest absolute Gasteiger partial charge is 0.350 e. The Hall–Kier alpha value is -2.17. The van der Waals surface area contributed by atoms with Crippen LogP contribution in [0.4, 0.5) is 0 Å². The summed E-state index contributed by atoms with van der Waals surface area (Å²) in [5, 5.41) is 7.89. The number of aromatic nitrogens is 3. The van der Waals surface area contributed by atoms with Gasteiger partial charge >= 0.3 is 0 Å². The van der Waals surface area contributed by atoms with Crippen LogP contribution in [0.5, 0.6) is 0 Å². The molecule has 0 radical (unpaired) electrons. The van der Waals surface area contributed by atoms with Gasteiger partial charge < -0.3 is 5.32 Å². The van der Waals surface area contributed by atoms with Gasteiger partial charge in [0.15, 0.2) is 0 Å². The predicted octanol–water partition coefficient (Wildman–Crippen LogP) is 4.11. The van der Waals surface area contributed by atoms with E-state index in [2.05, 4.69) is 34.9 Å². The quantitative estimate of drug-likeness (QED) is 0.825. The average Bonchev–Trinajstić information content (AvgIpc) is 3.31. The van der Waals surface area contributed by atoms with Crippen molar-refractivity contribution in [3.63, 3.8) is 0 Å². The standard InChI is InChI=1S/C20H28N4O/c1-3-15(4-2)20(25)22-14-17-13-19(16-9-11-21-12-10-16)24(23-17)18-7-5-6-8-18/h9-13,15,18H,3-8,14H2,1-2H3,(H,22,25). The molecule has 3 rings (SSSR count). The van der Waals surface area contributed by atoms with Gasteiger partial charge in [0.05, 0.1) is 24.0 Å². The molecule has 1 amide bonds. The molecular formula is C20H28N4O. The van der Waals surface area contributed by atoms with Crippen LogP contribution in [0, 0.1) is 5.92 Å². The monoisotopic (exact) mass is 340 g/mol. The Morgan fingerprint density at radius 3 is 2.56 bits per heavy atom.